The summed E-state index contributed by atoms with van der Waals surface area (Å²) in [6.45, 7) is 0.549. The van der Waals surface area contributed by atoms with E-state index < -0.39 is 4.92 Å². The number of nitro groups is 1. The maximum absolute atomic E-state index is 10.8. The molecule has 2 rings (SSSR count). The average Bonchev–Trinajstić information content (AvgIpc) is 2.89. The fourth-order valence-corrected chi connectivity index (χ4v) is 1.94. The van der Waals surface area contributed by atoms with Crippen molar-refractivity contribution >= 4 is 22.7 Å². The molecule has 0 amide bonds. The molecule has 1 aromatic heterocycles. The first kappa shape index (κ1) is 12.0. The van der Waals surface area contributed by atoms with Gasteiger partial charge < -0.3 is 5.32 Å². The van der Waals surface area contributed by atoms with Crippen LogP contribution in [0.1, 0.15) is 10.4 Å². The van der Waals surface area contributed by atoms with Crippen molar-refractivity contribution in [1.82, 2.24) is 4.98 Å². The van der Waals surface area contributed by atoms with Gasteiger partial charge in [0.05, 0.1) is 17.0 Å². The summed E-state index contributed by atoms with van der Waals surface area (Å²) in [4.78, 5) is 15.2. The van der Waals surface area contributed by atoms with Crippen LogP contribution in [0.4, 0.5) is 11.4 Å². The van der Waals surface area contributed by atoms with Gasteiger partial charge in [-0.25, -0.2) is 0 Å². The second-order valence-corrected chi connectivity index (χ2v) is 4.39. The summed E-state index contributed by atoms with van der Waals surface area (Å²) < 4.78 is 0. The van der Waals surface area contributed by atoms with Crippen LogP contribution in [0.25, 0.3) is 0 Å². The van der Waals surface area contributed by atoms with Crippen molar-refractivity contribution < 1.29 is 4.92 Å². The smallest absolute Gasteiger partial charge is 0.289 e. The molecule has 0 aliphatic carbocycles. The molecule has 90 valence electrons. The molecular weight excluding hydrogens is 252 g/mol. The molecule has 0 radical (unpaired) electrons. The molecule has 0 spiro atoms. The zero-order valence-corrected chi connectivity index (χ0v) is 9.98. The Bertz CT molecular complexity index is 604. The zero-order chi connectivity index (χ0) is 13.0. The lowest BCUT2D eigenvalue weighted by molar-refractivity contribution is -0.385. The third kappa shape index (κ3) is 2.61. The first-order chi connectivity index (χ1) is 8.70. The van der Waals surface area contributed by atoms with Gasteiger partial charge in [-0.2, -0.15) is 5.26 Å². The predicted octanol–water partition coefficient (Wildman–Crippen LogP) is 2.54. The van der Waals surface area contributed by atoms with Crippen LogP contribution in [0, 0.1) is 21.4 Å². The number of hydrogen-bond donors (Lipinski definition) is 1. The van der Waals surface area contributed by atoms with Crippen molar-refractivity contribution in [3.05, 3.63) is 50.5 Å². The number of nitrogens with one attached hydrogen (secondary N) is 1. The van der Waals surface area contributed by atoms with E-state index >= 15 is 0 Å². The highest BCUT2D eigenvalue weighted by Crippen LogP contribution is 2.23. The minimum Gasteiger partial charge on any atom is -0.380 e. The number of rotatable bonds is 4. The van der Waals surface area contributed by atoms with E-state index in [1.54, 1.807) is 23.8 Å². The van der Waals surface area contributed by atoms with Crippen molar-refractivity contribution in [2.24, 2.45) is 0 Å². The number of nitrogens with zero attached hydrogens (tertiary/aromatic N) is 3. The average molecular weight is 260 g/mol. The zero-order valence-electron chi connectivity index (χ0n) is 9.16. The molecule has 1 N–H and O–H groups in total. The van der Waals surface area contributed by atoms with E-state index in [0.29, 0.717) is 12.2 Å². The predicted molar refractivity (Wildman–Crippen MR) is 67.3 cm³/mol. The van der Waals surface area contributed by atoms with Gasteiger partial charge in [0.1, 0.15) is 11.6 Å². The van der Waals surface area contributed by atoms with Crippen LogP contribution in [-0.4, -0.2) is 9.91 Å². The van der Waals surface area contributed by atoms with Crippen LogP contribution in [0.3, 0.4) is 0 Å². The van der Waals surface area contributed by atoms with Crippen LogP contribution < -0.4 is 5.32 Å². The number of nitro benzene ring substituents is 1. The SMILES string of the molecule is N#Cc1ccc(NCc2cncs2)cc1[N+](=O)[O-]. The van der Waals surface area contributed by atoms with Gasteiger partial charge in [0, 0.05) is 22.8 Å². The normalized spacial score (nSPS) is 9.72. The summed E-state index contributed by atoms with van der Waals surface area (Å²) in [6, 6.07) is 6.24. The fraction of sp³-hybridized carbons (Fsp3) is 0.0909. The lowest BCUT2D eigenvalue weighted by atomic mass is 10.2. The fourth-order valence-electron chi connectivity index (χ4n) is 1.41. The van der Waals surface area contributed by atoms with E-state index in [1.807, 2.05) is 0 Å². The second kappa shape index (κ2) is 5.25. The van der Waals surface area contributed by atoms with Crippen molar-refractivity contribution in [2.45, 2.75) is 6.54 Å². The van der Waals surface area contributed by atoms with Crippen LogP contribution >= 0.6 is 11.3 Å². The molecule has 18 heavy (non-hydrogen) atoms. The van der Waals surface area contributed by atoms with E-state index in [2.05, 4.69) is 10.3 Å². The summed E-state index contributed by atoms with van der Waals surface area (Å²) in [5, 5.41) is 22.6. The molecule has 0 saturated carbocycles. The summed E-state index contributed by atoms with van der Waals surface area (Å²) in [6.07, 6.45) is 1.73. The van der Waals surface area contributed by atoms with Gasteiger partial charge in [-0.05, 0) is 12.1 Å². The highest BCUT2D eigenvalue weighted by atomic mass is 32.1. The maximum atomic E-state index is 10.8. The summed E-state index contributed by atoms with van der Waals surface area (Å²) in [5.74, 6) is 0. The van der Waals surface area contributed by atoms with Crippen LogP contribution in [0.2, 0.25) is 0 Å². The Labute approximate surface area is 107 Å². The standard InChI is InChI=1S/C11H8N4O2S/c12-4-8-1-2-9(3-11(8)15(16)17)14-6-10-5-13-7-18-10/h1-3,5,7,14H,6H2. The Morgan fingerprint density at radius 2 is 2.39 bits per heavy atom. The Kier molecular flexibility index (Phi) is 3.50. The van der Waals surface area contributed by atoms with Crippen molar-refractivity contribution in [1.29, 1.82) is 5.26 Å². The van der Waals surface area contributed by atoms with Crippen LogP contribution in [0.15, 0.2) is 29.9 Å². The number of nitriles is 1. The van der Waals surface area contributed by atoms with E-state index in [9.17, 15) is 10.1 Å². The van der Waals surface area contributed by atoms with Crippen LogP contribution in [0.5, 0.6) is 0 Å². The highest BCUT2D eigenvalue weighted by Gasteiger charge is 2.13. The number of hydrogen-bond acceptors (Lipinski definition) is 6. The van der Waals surface area contributed by atoms with Gasteiger partial charge in [0.25, 0.3) is 5.69 Å². The van der Waals surface area contributed by atoms with Gasteiger partial charge in [-0.1, -0.05) is 0 Å². The Hall–Kier alpha value is -2.46. The van der Waals surface area contributed by atoms with Gasteiger partial charge >= 0.3 is 0 Å². The molecular formula is C11H8N4O2S. The minimum absolute atomic E-state index is 0.0586. The number of anilines is 1. The summed E-state index contributed by atoms with van der Waals surface area (Å²) in [7, 11) is 0. The Morgan fingerprint density at radius 1 is 1.56 bits per heavy atom. The van der Waals surface area contributed by atoms with Gasteiger partial charge in [-0.3, -0.25) is 15.1 Å². The van der Waals surface area contributed by atoms with E-state index in [4.69, 9.17) is 5.26 Å². The molecule has 0 bridgehead atoms. The summed E-state index contributed by atoms with van der Waals surface area (Å²) in [5.41, 5.74) is 2.20. The van der Waals surface area contributed by atoms with Gasteiger partial charge in [0.2, 0.25) is 0 Å². The number of benzene rings is 1. The largest absolute Gasteiger partial charge is 0.380 e. The second-order valence-electron chi connectivity index (χ2n) is 3.42. The minimum atomic E-state index is -0.559. The molecule has 7 heteroatoms. The van der Waals surface area contributed by atoms with E-state index in [1.165, 1.54) is 23.5 Å². The highest BCUT2D eigenvalue weighted by molar-refractivity contribution is 7.09. The maximum Gasteiger partial charge on any atom is 0.289 e. The van der Waals surface area contributed by atoms with Crippen molar-refractivity contribution in [3.63, 3.8) is 0 Å². The van der Waals surface area contributed by atoms with Gasteiger partial charge in [-0.15, -0.1) is 11.3 Å². The van der Waals surface area contributed by atoms with Crippen molar-refractivity contribution in [2.75, 3.05) is 5.32 Å². The van der Waals surface area contributed by atoms with Crippen molar-refractivity contribution in [3.8, 4) is 6.07 Å². The molecule has 0 aliphatic heterocycles. The lowest BCUT2D eigenvalue weighted by Gasteiger charge is -2.04. The topological polar surface area (TPSA) is 91.8 Å². The molecule has 0 aliphatic rings. The number of thiazole rings is 1. The van der Waals surface area contributed by atoms with Gasteiger partial charge in [0.15, 0.2) is 0 Å². The molecule has 0 atom stereocenters. The Balaban J connectivity index is 2.17. The molecule has 0 unspecified atom stereocenters. The van der Waals surface area contributed by atoms with Crippen LogP contribution in [-0.2, 0) is 6.54 Å². The molecule has 0 fully saturated rings. The first-order valence-electron chi connectivity index (χ1n) is 5.00. The molecule has 0 saturated heterocycles. The molecule has 6 nitrogen and oxygen atoms in total. The Morgan fingerprint density at radius 3 is 3.00 bits per heavy atom. The molecule has 1 heterocycles. The molecule has 2 aromatic rings. The first-order valence-corrected chi connectivity index (χ1v) is 5.88. The lowest BCUT2D eigenvalue weighted by Crippen LogP contribution is -1.99. The monoisotopic (exact) mass is 260 g/mol. The van der Waals surface area contributed by atoms with E-state index in [0.717, 1.165) is 4.88 Å². The third-order valence-corrected chi connectivity index (χ3v) is 3.04. The number of aromatic nitrogens is 1. The van der Waals surface area contributed by atoms with E-state index in [-0.39, 0.29) is 11.3 Å². The quantitative estimate of drug-likeness (QED) is 0.673. The molecule has 1 aromatic carbocycles. The third-order valence-electron chi connectivity index (χ3n) is 2.27. The summed E-state index contributed by atoms with van der Waals surface area (Å²) >= 11 is 1.50.